The van der Waals surface area contributed by atoms with Crippen LogP contribution in [0.2, 0.25) is 0 Å². The maximum Gasteiger partial charge on any atom is 0.152 e. The highest BCUT2D eigenvalue weighted by atomic mass is 16.5. The Morgan fingerprint density at radius 2 is 2.12 bits per heavy atom. The fourth-order valence-electron chi connectivity index (χ4n) is 3.15. The lowest BCUT2D eigenvalue weighted by atomic mass is 9.87. The summed E-state index contributed by atoms with van der Waals surface area (Å²) in [6, 6.07) is 3.57. The van der Waals surface area contributed by atoms with E-state index in [0.717, 1.165) is 49.0 Å². The zero-order valence-corrected chi connectivity index (χ0v) is 15.2. The number of fused-ring (bicyclic) bond motifs is 1. The molecule has 0 aromatic heterocycles. The molecule has 1 N–H and O–H groups in total. The van der Waals surface area contributed by atoms with E-state index in [1.165, 1.54) is 5.57 Å². The van der Waals surface area contributed by atoms with Gasteiger partial charge in [-0.15, -0.1) is 0 Å². The third kappa shape index (κ3) is 4.98. The van der Waals surface area contributed by atoms with E-state index in [4.69, 9.17) is 4.74 Å². The van der Waals surface area contributed by atoms with Gasteiger partial charge in [0, 0.05) is 0 Å². The average Bonchev–Trinajstić information content (AvgIpc) is 2.48. The number of carbonyl (C=O) groups is 1. The normalized spacial score (nSPS) is 20.8. The molecule has 1 aromatic rings. The average molecular weight is 328 g/mol. The number of benzene rings is 1. The molecule has 0 bridgehead atoms. The molecule has 0 spiro atoms. The lowest BCUT2D eigenvalue weighted by molar-refractivity contribution is -0.112. The standard InChI is InChI=1S/C21H28O3/c1-15(7-5-9-17(3)22)8-6-11-21(4)12-10-18-14-19(23)13-16(2)20(18)24-21/h5,8-9,13-14,23H,6-7,10-12H2,1-4H3/b9-5+,15-8+/t21-/m1/s1. The van der Waals surface area contributed by atoms with E-state index in [0.29, 0.717) is 5.75 Å². The van der Waals surface area contributed by atoms with Crippen molar-refractivity contribution in [2.75, 3.05) is 0 Å². The summed E-state index contributed by atoms with van der Waals surface area (Å²) in [6.45, 7) is 7.81. The fraction of sp³-hybridized carbons (Fsp3) is 0.476. The number of carbonyl (C=O) groups excluding carboxylic acids is 1. The predicted molar refractivity (Wildman–Crippen MR) is 97.6 cm³/mol. The van der Waals surface area contributed by atoms with E-state index in [9.17, 15) is 9.90 Å². The number of phenols is 1. The molecule has 1 aliphatic heterocycles. The number of aromatic hydroxyl groups is 1. The Hall–Kier alpha value is -2.03. The molecule has 0 amide bonds. The number of ether oxygens (including phenoxy) is 1. The monoisotopic (exact) mass is 328 g/mol. The summed E-state index contributed by atoms with van der Waals surface area (Å²) in [7, 11) is 0. The molecule has 0 unspecified atom stereocenters. The largest absolute Gasteiger partial charge is 0.508 e. The lowest BCUT2D eigenvalue weighted by Crippen LogP contribution is -2.36. The van der Waals surface area contributed by atoms with Gasteiger partial charge >= 0.3 is 0 Å². The molecular formula is C21H28O3. The highest BCUT2D eigenvalue weighted by Crippen LogP contribution is 2.39. The van der Waals surface area contributed by atoms with Crippen LogP contribution in [0.3, 0.4) is 0 Å². The van der Waals surface area contributed by atoms with Crippen LogP contribution in [0.25, 0.3) is 0 Å². The first-order valence-corrected chi connectivity index (χ1v) is 8.63. The molecule has 2 rings (SSSR count). The summed E-state index contributed by atoms with van der Waals surface area (Å²) < 4.78 is 6.30. The Kier molecular flexibility index (Phi) is 5.87. The highest BCUT2D eigenvalue weighted by Gasteiger charge is 2.31. The maximum atomic E-state index is 10.9. The van der Waals surface area contributed by atoms with Crippen LogP contribution in [0.15, 0.2) is 35.9 Å². The van der Waals surface area contributed by atoms with Gasteiger partial charge in [-0.2, -0.15) is 0 Å². The molecule has 0 radical (unpaired) electrons. The van der Waals surface area contributed by atoms with Crippen molar-refractivity contribution in [3.05, 3.63) is 47.1 Å². The minimum absolute atomic E-state index is 0.0889. The molecule has 3 nitrogen and oxygen atoms in total. The molecule has 1 atom stereocenters. The van der Waals surface area contributed by atoms with Crippen molar-refractivity contribution in [1.29, 1.82) is 0 Å². The second-order valence-electron chi connectivity index (χ2n) is 7.11. The Morgan fingerprint density at radius 1 is 1.38 bits per heavy atom. The molecule has 3 heteroatoms. The zero-order valence-electron chi connectivity index (χ0n) is 15.2. The van der Waals surface area contributed by atoms with Gasteiger partial charge in [0.15, 0.2) is 5.78 Å². The number of phenolic OH excluding ortho intramolecular Hbond substituents is 1. The van der Waals surface area contributed by atoms with Gasteiger partial charge in [-0.25, -0.2) is 0 Å². The van der Waals surface area contributed by atoms with Crippen LogP contribution in [-0.2, 0) is 11.2 Å². The number of aryl methyl sites for hydroxylation is 2. The first kappa shape index (κ1) is 18.3. The van der Waals surface area contributed by atoms with Crippen molar-refractivity contribution in [3.8, 4) is 11.5 Å². The van der Waals surface area contributed by atoms with E-state index >= 15 is 0 Å². The number of ketones is 1. The van der Waals surface area contributed by atoms with Gasteiger partial charge in [0.25, 0.3) is 0 Å². The molecule has 1 heterocycles. The number of hydrogen-bond acceptors (Lipinski definition) is 3. The predicted octanol–water partition coefficient (Wildman–Crippen LogP) is 5.05. The zero-order chi connectivity index (χ0) is 17.7. The number of allylic oxidation sites excluding steroid dienone is 4. The van der Waals surface area contributed by atoms with E-state index in [1.54, 1.807) is 19.1 Å². The molecule has 0 aliphatic carbocycles. The van der Waals surface area contributed by atoms with Crippen LogP contribution in [0.1, 0.15) is 57.6 Å². The van der Waals surface area contributed by atoms with Gasteiger partial charge < -0.3 is 9.84 Å². The second-order valence-corrected chi connectivity index (χ2v) is 7.11. The van der Waals surface area contributed by atoms with Crippen LogP contribution in [0, 0.1) is 6.92 Å². The lowest BCUT2D eigenvalue weighted by Gasteiger charge is -2.36. The van der Waals surface area contributed by atoms with E-state index < -0.39 is 0 Å². The third-order valence-corrected chi connectivity index (χ3v) is 4.57. The fourth-order valence-corrected chi connectivity index (χ4v) is 3.15. The van der Waals surface area contributed by atoms with Crippen molar-refractivity contribution in [2.24, 2.45) is 0 Å². The Morgan fingerprint density at radius 3 is 2.83 bits per heavy atom. The van der Waals surface area contributed by atoms with Gasteiger partial charge in [0.1, 0.15) is 17.1 Å². The Bertz CT molecular complexity index is 670. The molecule has 0 saturated carbocycles. The van der Waals surface area contributed by atoms with Gasteiger partial charge in [-0.3, -0.25) is 4.79 Å². The van der Waals surface area contributed by atoms with Gasteiger partial charge in [-0.1, -0.05) is 17.7 Å². The quantitative estimate of drug-likeness (QED) is 0.587. The van der Waals surface area contributed by atoms with Gasteiger partial charge in [0.05, 0.1) is 0 Å². The first-order chi connectivity index (χ1) is 11.3. The third-order valence-electron chi connectivity index (χ3n) is 4.57. The van der Waals surface area contributed by atoms with Crippen molar-refractivity contribution in [2.45, 2.75) is 65.4 Å². The summed E-state index contributed by atoms with van der Waals surface area (Å²) in [6.07, 6.45) is 10.4. The summed E-state index contributed by atoms with van der Waals surface area (Å²) in [5.74, 6) is 1.34. The molecular weight excluding hydrogens is 300 g/mol. The number of rotatable bonds is 6. The van der Waals surface area contributed by atoms with Crippen LogP contribution in [0.4, 0.5) is 0 Å². The molecule has 0 saturated heterocycles. The van der Waals surface area contributed by atoms with E-state index in [2.05, 4.69) is 19.9 Å². The minimum atomic E-state index is -0.166. The van der Waals surface area contributed by atoms with E-state index in [-0.39, 0.29) is 11.4 Å². The summed E-state index contributed by atoms with van der Waals surface area (Å²) in [5.41, 5.74) is 3.21. The van der Waals surface area contributed by atoms with Crippen LogP contribution < -0.4 is 4.74 Å². The summed E-state index contributed by atoms with van der Waals surface area (Å²) >= 11 is 0. The molecule has 1 aliphatic rings. The Balaban J connectivity index is 1.94. The molecule has 130 valence electrons. The SMILES string of the molecule is CC(=O)/C=C/C/C(C)=C/CC[C@]1(C)CCc2cc(O)cc(C)c2O1. The van der Waals surface area contributed by atoms with Crippen LogP contribution in [-0.4, -0.2) is 16.5 Å². The Labute approximate surface area is 145 Å². The first-order valence-electron chi connectivity index (χ1n) is 8.63. The van der Waals surface area contributed by atoms with Gasteiger partial charge in [0.2, 0.25) is 0 Å². The minimum Gasteiger partial charge on any atom is -0.508 e. The summed E-state index contributed by atoms with van der Waals surface area (Å²) in [4.78, 5) is 10.9. The van der Waals surface area contributed by atoms with Crippen molar-refractivity contribution < 1.29 is 14.6 Å². The topological polar surface area (TPSA) is 46.5 Å². The van der Waals surface area contributed by atoms with Crippen LogP contribution in [0.5, 0.6) is 11.5 Å². The maximum absolute atomic E-state index is 10.9. The van der Waals surface area contributed by atoms with Crippen molar-refractivity contribution in [1.82, 2.24) is 0 Å². The highest BCUT2D eigenvalue weighted by molar-refractivity contribution is 5.87. The van der Waals surface area contributed by atoms with Crippen LogP contribution >= 0.6 is 0 Å². The van der Waals surface area contributed by atoms with E-state index in [1.807, 2.05) is 19.1 Å². The number of hydrogen-bond donors (Lipinski definition) is 1. The molecule has 24 heavy (non-hydrogen) atoms. The second kappa shape index (κ2) is 7.69. The van der Waals surface area contributed by atoms with Crippen molar-refractivity contribution in [3.63, 3.8) is 0 Å². The molecule has 1 aromatic carbocycles. The van der Waals surface area contributed by atoms with Crippen molar-refractivity contribution >= 4 is 5.78 Å². The smallest absolute Gasteiger partial charge is 0.152 e. The molecule has 0 fully saturated rings. The van der Waals surface area contributed by atoms with Gasteiger partial charge in [-0.05, 0) is 89.1 Å². The summed E-state index contributed by atoms with van der Waals surface area (Å²) in [5, 5.41) is 9.72.